The first-order chi connectivity index (χ1) is 12.6. The van der Waals surface area contributed by atoms with E-state index in [4.69, 9.17) is 0 Å². The van der Waals surface area contributed by atoms with Gasteiger partial charge in [0, 0.05) is 30.7 Å². The molecule has 0 aliphatic heterocycles. The second-order valence-electron chi connectivity index (χ2n) is 6.05. The number of aryl methyl sites for hydroxylation is 2. The van der Waals surface area contributed by atoms with Crippen molar-refractivity contribution in [2.75, 3.05) is 0 Å². The Morgan fingerprint density at radius 3 is 2.50 bits per heavy atom. The Hall–Kier alpha value is -3.48. The van der Waals surface area contributed by atoms with Crippen molar-refractivity contribution in [2.24, 2.45) is 0 Å². The molecule has 0 saturated heterocycles. The van der Waals surface area contributed by atoms with Gasteiger partial charge in [-0.15, -0.1) is 0 Å². The first-order valence-corrected chi connectivity index (χ1v) is 8.31. The lowest BCUT2D eigenvalue weighted by atomic mass is 10.1. The van der Waals surface area contributed by atoms with Gasteiger partial charge in [-0.1, -0.05) is 30.3 Å². The summed E-state index contributed by atoms with van der Waals surface area (Å²) >= 11 is 0. The topological polar surface area (TPSA) is 85.6 Å². The van der Waals surface area contributed by atoms with Crippen LogP contribution in [-0.2, 0) is 13.0 Å². The minimum Gasteiger partial charge on any atom is -0.312 e. The molecule has 0 fully saturated rings. The predicted octanol–water partition coefficient (Wildman–Crippen LogP) is 1.82. The van der Waals surface area contributed by atoms with Crippen LogP contribution in [-0.4, -0.2) is 24.3 Å². The van der Waals surface area contributed by atoms with Crippen molar-refractivity contribution in [3.8, 4) is 5.95 Å². The van der Waals surface area contributed by atoms with Gasteiger partial charge in [0.25, 0.3) is 17.1 Å². The average Bonchev–Trinajstić information content (AvgIpc) is 2.99. The van der Waals surface area contributed by atoms with Crippen molar-refractivity contribution in [1.82, 2.24) is 24.3 Å². The molecule has 0 aliphatic carbocycles. The summed E-state index contributed by atoms with van der Waals surface area (Å²) in [7, 11) is 0. The zero-order valence-electron chi connectivity index (χ0n) is 14.2. The molecule has 0 bridgehead atoms. The summed E-state index contributed by atoms with van der Waals surface area (Å²) in [4.78, 5) is 33.5. The lowest BCUT2D eigenvalue weighted by molar-refractivity contribution is 0.655. The monoisotopic (exact) mass is 347 g/mol. The zero-order chi connectivity index (χ0) is 18.1. The van der Waals surface area contributed by atoms with Gasteiger partial charge in [0.05, 0.1) is 10.9 Å². The molecule has 26 heavy (non-hydrogen) atoms. The van der Waals surface area contributed by atoms with Gasteiger partial charge in [-0.3, -0.25) is 14.7 Å². The maximum absolute atomic E-state index is 12.8. The van der Waals surface area contributed by atoms with Gasteiger partial charge in [0.2, 0.25) is 0 Å². The van der Waals surface area contributed by atoms with E-state index in [0.29, 0.717) is 29.6 Å². The number of nitrogens with one attached hydrogen (secondary N) is 1. The molecule has 4 rings (SSSR count). The number of fused-ring (bicyclic) bond motifs is 1. The molecule has 130 valence electrons. The molecular formula is C19H17N5O2. The third kappa shape index (κ3) is 2.73. The molecule has 0 spiro atoms. The van der Waals surface area contributed by atoms with Crippen molar-refractivity contribution in [1.29, 1.82) is 0 Å². The Bertz CT molecular complexity index is 1170. The Morgan fingerprint density at radius 1 is 1.04 bits per heavy atom. The van der Waals surface area contributed by atoms with E-state index in [-0.39, 0.29) is 17.1 Å². The fourth-order valence-electron chi connectivity index (χ4n) is 3.12. The van der Waals surface area contributed by atoms with Gasteiger partial charge in [-0.25, -0.2) is 9.97 Å². The third-order valence-corrected chi connectivity index (χ3v) is 4.44. The number of aromatic nitrogens is 5. The normalized spacial score (nSPS) is 11.1. The van der Waals surface area contributed by atoms with Gasteiger partial charge in [-0.2, -0.15) is 4.68 Å². The number of nitrogens with zero attached hydrogens (tertiary/aromatic N) is 4. The molecular weight excluding hydrogens is 330 g/mol. The predicted molar refractivity (Wildman–Crippen MR) is 98.6 cm³/mol. The molecule has 0 radical (unpaired) electrons. The van der Waals surface area contributed by atoms with Gasteiger partial charge < -0.3 is 4.57 Å². The molecule has 1 N–H and O–H groups in total. The van der Waals surface area contributed by atoms with E-state index in [1.165, 1.54) is 10.7 Å². The molecule has 4 aromatic rings. The number of rotatable bonds is 4. The van der Waals surface area contributed by atoms with Crippen LogP contribution in [0.5, 0.6) is 0 Å². The quantitative estimate of drug-likeness (QED) is 0.610. The maximum Gasteiger partial charge on any atom is 0.283 e. The van der Waals surface area contributed by atoms with Crippen molar-refractivity contribution in [2.45, 2.75) is 19.9 Å². The van der Waals surface area contributed by atoms with Crippen LogP contribution in [0.3, 0.4) is 0 Å². The molecule has 0 atom stereocenters. The van der Waals surface area contributed by atoms with Gasteiger partial charge in [0.15, 0.2) is 0 Å². The van der Waals surface area contributed by atoms with Gasteiger partial charge in [0.1, 0.15) is 0 Å². The van der Waals surface area contributed by atoms with Crippen LogP contribution in [0.15, 0.2) is 64.4 Å². The van der Waals surface area contributed by atoms with Crippen LogP contribution < -0.4 is 11.1 Å². The van der Waals surface area contributed by atoms with Crippen molar-refractivity contribution in [3.63, 3.8) is 0 Å². The molecule has 1 aromatic carbocycles. The molecule has 7 nitrogen and oxygen atoms in total. The summed E-state index contributed by atoms with van der Waals surface area (Å²) in [6.07, 6.45) is 3.84. The molecule has 3 aromatic heterocycles. The van der Waals surface area contributed by atoms with Crippen LogP contribution in [0, 0.1) is 6.92 Å². The summed E-state index contributed by atoms with van der Waals surface area (Å²) in [6, 6.07) is 13.1. The highest BCUT2D eigenvalue weighted by Gasteiger charge is 2.16. The van der Waals surface area contributed by atoms with E-state index >= 15 is 0 Å². The van der Waals surface area contributed by atoms with E-state index in [1.54, 1.807) is 30.0 Å². The van der Waals surface area contributed by atoms with Crippen molar-refractivity contribution < 1.29 is 0 Å². The van der Waals surface area contributed by atoms with Crippen LogP contribution in [0.1, 0.15) is 11.3 Å². The SMILES string of the molecule is Cc1c2c(=O)n(-c3ncccn3)[nH]c2cc(=O)n1CCc1ccccc1. The standard InChI is InChI=1S/C19H17N5O2/c1-13-17-15(22-24(18(17)26)19-20-9-5-10-21-19)12-16(25)23(13)11-8-14-6-3-2-4-7-14/h2-7,9-10,12,22H,8,11H2,1H3. The lowest BCUT2D eigenvalue weighted by Crippen LogP contribution is -2.24. The highest BCUT2D eigenvalue weighted by Crippen LogP contribution is 2.12. The Balaban J connectivity index is 1.80. The second-order valence-corrected chi connectivity index (χ2v) is 6.05. The fraction of sp³-hybridized carbons (Fsp3) is 0.158. The molecule has 0 aliphatic rings. The fourth-order valence-corrected chi connectivity index (χ4v) is 3.12. The number of benzene rings is 1. The maximum atomic E-state index is 12.8. The minimum atomic E-state index is -0.267. The Kier molecular flexibility index (Phi) is 3.96. The summed E-state index contributed by atoms with van der Waals surface area (Å²) in [5.74, 6) is 0.247. The van der Waals surface area contributed by atoms with Crippen LogP contribution in [0.4, 0.5) is 0 Å². The number of H-pyrrole nitrogens is 1. The number of hydrogen-bond acceptors (Lipinski definition) is 4. The van der Waals surface area contributed by atoms with E-state index in [0.717, 1.165) is 5.56 Å². The van der Waals surface area contributed by atoms with Crippen LogP contribution in [0.25, 0.3) is 16.9 Å². The molecule has 3 heterocycles. The number of hydrogen-bond donors (Lipinski definition) is 1. The first-order valence-electron chi connectivity index (χ1n) is 8.31. The molecule has 0 unspecified atom stereocenters. The van der Waals surface area contributed by atoms with E-state index in [1.807, 2.05) is 30.3 Å². The summed E-state index contributed by atoms with van der Waals surface area (Å²) in [5, 5.41) is 3.41. The summed E-state index contributed by atoms with van der Waals surface area (Å²) < 4.78 is 2.90. The number of aromatic amines is 1. The van der Waals surface area contributed by atoms with E-state index < -0.39 is 0 Å². The highest BCUT2D eigenvalue weighted by atomic mass is 16.1. The first kappa shape index (κ1) is 16.0. The Morgan fingerprint density at radius 2 is 1.77 bits per heavy atom. The van der Waals surface area contributed by atoms with Gasteiger partial charge >= 0.3 is 0 Å². The minimum absolute atomic E-state index is 0.145. The van der Waals surface area contributed by atoms with Gasteiger partial charge in [-0.05, 0) is 25.0 Å². The Labute approximate surface area is 148 Å². The van der Waals surface area contributed by atoms with E-state index in [9.17, 15) is 9.59 Å². The third-order valence-electron chi connectivity index (χ3n) is 4.44. The van der Waals surface area contributed by atoms with E-state index in [2.05, 4.69) is 15.1 Å². The second kappa shape index (κ2) is 6.44. The summed E-state index contributed by atoms with van der Waals surface area (Å²) in [6.45, 7) is 2.30. The average molecular weight is 347 g/mol. The van der Waals surface area contributed by atoms with Crippen LogP contribution >= 0.6 is 0 Å². The summed E-state index contributed by atoms with van der Waals surface area (Å²) in [5.41, 5.74) is 1.86. The zero-order valence-corrected chi connectivity index (χ0v) is 14.2. The molecule has 7 heteroatoms. The highest BCUT2D eigenvalue weighted by molar-refractivity contribution is 5.80. The molecule has 0 amide bonds. The lowest BCUT2D eigenvalue weighted by Gasteiger charge is -2.10. The van der Waals surface area contributed by atoms with Crippen molar-refractivity contribution >= 4 is 10.9 Å². The number of pyridine rings is 1. The smallest absolute Gasteiger partial charge is 0.283 e. The molecule has 0 saturated carbocycles. The van der Waals surface area contributed by atoms with Crippen molar-refractivity contribution in [3.05, 3.63) is 86.8 Å². The van der Waals surface area contributed by atoms with Crippen LogP contribution in [0.2, 0.25) is 0 Å². The largest absolute Gasteiger partial charge is 0.312 e.